The summed E-state index contributed by atoms with van der Waals surface area (Å²) in [5.41, 5.74) is 6.80. The summed E-state index contributed by atoms with van der Waals surface area (Å²) < 4.78 is 24.1. The summed E-state index contributed by atoms with van der Waals surface area (Å²) in [5, 5.41) is 2.94. The van der Waals surface area contributed by atoms with Crippen molar-refractivity contribution in [2.45, 2.75) is 51.2 Å². The monoisotopic (exact) mass is 523 g/mol. The molecule has 3 aromatic rings. The number of ether oxygens (including phenoxy) is 2. The number of carbonyl (C=O) groups is 1. The maximum atomic E-state index is 12.9. The van der Waals surface area contributed by atoms with Crippen LogP contribution < -0.4 is 10.1 Å². The normalized spacial score (nSPS) is 18.8. The first-order chi connectivity index (χ1) is 18.7. The minimum absolute atomic E-state index is 0.00916. The Hall–Kier alpha value is -3.55. The summed E-state index contributed by atoms with van der Waals surface area (Å²) in [7, 11) is -0.589. The highest BCUT2D eigenvalue weighted by atomic mass is 16.7. The predicted octanol–water partition coefficient (Wildman–Crippen LogP) is 6.18. The molecule has 6 nitrogen and oxygen atoms in total. The van der Waals surface area contributed by atoms with Crippen LogP contribution in [0.3, 0.4) is 0 Å². The van der Waals surface area contributed by atoms with E-state index >= 15 is 0 Å². The first-order valence-electron chi connectivity index (χ1n) is 13.6. The first kappa shape index (κ1) is 25.7. The van der Waals surface area contributed by atoms with Crippen molar-refractivity contribution in [2.75, 3.05) is 19.8 Å². The third-order valence-corrected chi connectivity index (χ3v) is 8.40. The van der Waals surface area contributed by atoms with Gasteiger partial charge in [0.25, 0.3) is 0 Å². The van der Waals surface area contributed by atoms with Gasteiger partial charge < -0.3 is 24.1 Å². The molecule has 7 heteroatoms. The molecule has 0 bridgehead atoms. The van der Waals surface area contributed by atoms with Gasteiger partial charge >= 0.3 is 13.2 Å². The maximum Gasteiger partial charge on any atom is 0.492 e. The van der Waals surface area contributed by atoms with Crippen LogP contribution in [0.5, 0.6) is 5.75 Å². The van der Waals surface area contributed by atoms with Gasteiger partial charge in [-0.1, -0.05) is 60.7 Å². The minimum atomic E-state index is -0.589. The van der Waals surface area contributed by atoms with E-state index in [1.54, 1.807) is 0 Å². The number of rotatable bonds is 6. The van der Waals surface area contributed by atoms with Crippen molar-refractivity contribution in [3.63, 3.8) is 0 Å². The van der Waals surface area contributed by atoms with Crippen LogP contribution in [0.25, 0.3) is 17.2 Å². The number of fused-ring (bicyclic) bond motifs is 4. The number of hydrogen-bond donors (Lipinski definition) is 1. The number of nitrogens with one attached hydrogen (secondary N) is 1. The standard InChI is InChI=1S/C32H34BNO5/c1-31(2)32(3,4)39-33(38-31)23(18-21-13-14-29-22(17-21)15-16-36-29)19-34-30(35)37-20-28-26-11-7-5-9-24(26)25-10-6-8-12-27(25)28/h5-14,17-18,28H,15-16,19-20H2,1-4H3,(H,34,35). The minimum Gasteiger partial charge on any atom is -0.493 e. The molecule has 0 aromatic heterocycles. The SMILES string of the molecule is CC1(C)OB(C(=Cc2ccc3c(c2)CCO3)CNC(=O)OCC2c3ccccc3-c3ccccc32)OC1(C)C. The molecule has 2 heterocycles. The van der Waals surface area contributed by atoms with Crippen LogP contribution in [0.15, 0.2) is 72.2 Å². The van der Waals surface area contributed by atoms with Gasteiger partial charge in [-0.3, -0.25) is 0 Å². The average molecular weight is 523 g/mol. The van der Waals surface area contributed by atoms with Gasteiger partial charge in [0.2, 0.25) is 0 Å². The summed E-state index contributed by atoms with van der Waals surface area (Å²) in [6.07, 6.45) is 2.45. The van der Waals surface area contributed by atoms with Gasteiger partial charge in [-0.15, -0.1) is 0 Å². The molecule has 1 saturated heterocycles. The third kappa shape index (κ3) is 4.86. The van der Waals surface area contributed by atoms with Crippen LogP contribution in [0.4, 0.5) is 4.79 Å². The second-order valence-electron chi connectivity index (χ2n) is 11.5. The zero-order valence-corrected chi connectivity index (χ0v) is 23.0. The molecule has 0 unspecified atom stereocenters. The molecule has 0 radical (unpaired) electrons. The lowest BCUT2D eigenvalue weighted by molar-refractivity contribution is 0.00578. The molecule has 1 aliphatic carbocycles. The van der Waals surface area contributed by atoms with E-state index in [9.17, 15) is 4.79 Å². The lowest BCUT2D eigenvalue weighted by Gasteiger charge is -2.32. The van der Waals surface area contributed by atoms with Crippen LogP contribution >= 0.6 is 0 Å². The van der Waals surface area contributed by atoms with Crippen LogP contribution in [0, 0.1) is 0 Å². The van der Waals surface area contributed by atoms with Crippen molar-refractivity contribution >= 4 is 19.3 Å². The van der Waals surface area contributed by atoms with E-state index in [0.717, 1.165) is 23.2 Å². The van der Waals surface area contributed by atoms with Crippen molar-refractivity contribution < 1.29 is 23.6 Å². The second kappa shape index (κ2) is 9.89. The van der Waals surface area contributed by atoms with Gasteiger partial charge in [-0.05, 0) is 78.7 Å². The molecule has 200 valence electrons. The molecule has 0 spiro atoms. The fourth-order valence-corrected chi connectivity index (χ4v) is 5.53. The van der Waals surface area contributed by atoms with E-state index in [2.05, 4.69) is 35.6 Å². The summed E-state index contributed by atoms with van der Waals surface area (Å²) in [5.74, 6) is 0.941. The van der Waals surface area contributed by atoms with Crippen LogP contribution in [0.2, 0.25) is 0 Å². The molecule has 3 aromatic carbocycles. The number of amides is 1. The van der Waals surface area contributed by atoms with Gasteiger partial charge in [-0.25, -0.2) is 4.79 Å². The highest BCUT2D eigenvalue weighted by molar-refractivity contribution is 6.56. The predicted molar refractivity (Wildman–Crippen MR) is 153 cm³/mol. The van der Waals surface area contributed by atoms with Crippen LogP contribution in [-0.4, -0.2) is 44.2 Å². The molecule has 1 N–H and O–H groups in total. The summed E-state index contributed by atoms with van der Waals surface area (Å²) in [6.45, 7) is 9.30. The Bertz CT molecular complexity index is 1380. The Morgan fingerprint density at radius 1 is 0.974 bits per heavy atom. The lowest BCUT2D eigenvalue weighted by Crippen LogP contribution is -2.41. The molecular weight excluding hydrogens is 489 g/mol. The van der Waals surface area contributed by atoms with Crippen molar-refractivity contribution in [3.8, 4) is 16.9 Å². The Morgan fingerprint density at radius 2 is 1.62 bits per heavy atom. The Morgan fingerprint density at radius 3 is 2.28 bits per heavy atom. The maximum absolute atomic E-state index is 12.9. The second-order valence-corrected chi connectivity index (χ2v) is 11.5. The molecule has 1 fully saturated rings. The van der Waals surface area contributed by atoms with Crippen molar-refractivity contribution in [3.05, 3.63) is 94.5 Å². The molecule has 3 aliphatic rings. The molecule has 2 aliphatic heterocycles. The van der Waals surface area contributed by atoms with Crippen molar-refractivity contribution in [2.24, 2.45) is 0 Å². The molecule has 0 saturated carbocycles. The van der Waals surface area contributed by atoms with Crippen molar-refractivity contribution in [1.82, 2.24) is 5.32 Å². The van der Waals surface area contributed by atoms with Gasteiger partial charge in [0.15, 0.2) is 0 Å². The Balaban J connectivity index is 1.17. The Labute approximate surface area is 230 Å². The van der Waals surface area contributed by atoms with Gasteiger partial charge in [0, 0.05) is 18.9 Å². The zero-order chi connectivity index (χ0) is 27.2. The lowest BCUT2D eigenvalue weighted by atomic mass is 9.77. The fourth-order valence-electron chi connectivity index (χ4n) is 5.53. The topological polar surface area (TPSA) is 66.0 Å². The average Bonchev–Trinajstić information content (AvgIpc) is 3.57. The number of benzene rings is 3. The third-order valence-electron chi connectivity index (χ3n) is 8.40. The summed E-state index contributed by atoms with van der Waals surface area (Å²) in [4.78, 5) is 12.9. The van der Waals surface area contributed by atoms with Crippen LogP contribution in [-0.2, 0) is 20.5 Å². The smallest absolute Gasteiger partial charge is 0.492 e. The van der Waals surface area contributed by atoms with E-state index < -0.39 is 24.4 Å². The number of carbonyl (C=O) groups excluding carboxylic acids is 1. The fraction of sp³-hybridized carbons (Fsp3) is 0.344. The van der Waals surface area contributed by atoms with Gasteiger partial charge in [0.1, 0.15) is 12.4 Å². The largest absolute Gasteiger partial charge is 0.493 e. The van der Waals surface area contributed by atoms with E-state index in [1.807, 2.05) is 70.2 Å². The van der Waals surface area contributed by atoms with E-state index in [-0.39, 0.29) is 19.1 Å². The van der Waals surface area contributed by atoms with E-state index in [1.165, 1.54) is 27.8 Å². The highest BCUT2D eigenvalue weighted by Gasteiger charge is 2.52. The summed E-state index contributed by atoms with van der Waals surface area (Å²) >= 11 is 0. The first-order valence-corrected chi connectivity index (χ1v) is 13.6. The van der Waals surface area contributed by atoms with Gasteiger partial charge in [0.05, 0.1) is 17.8 Å². The quantitative estimate of drug-likeness (QED) is 0.391. The number of alkyl carbamates (subject to hydrolysis) is 1. The molecule has 0 atom stereocenters. The highest BCUT2D eigenvalue weighted by Crippen LogP contribution is 2.44. The molecule has 1 amide bonds. The number of hydrogen-bond acceptors (Lipinski definition) is 5. The van der Waals surface area contributed by atoms with E-state index in [4.69, 9.17) is 18.8 Å². The molecular formula is C32H34BNO5. The zero-order valence-electron chi connectivity index (χ0n) is 23.0. The summed E-state index contributed by atoms with van der Waals surface area (Å²) in [6, 6.07) is 22.8. The van der Waals surface area contributed by atoms with Crippen molar-refractivity contribution in [1.29, 1.82) is 0 Å². The van der Waals surface area contributed by atoms with E-state index in [0.29, 0.717) is 6.61 Å². The van der Waals surface area contributed by atoms with Crippen LogP contribution in [0.1, 0.15) is 55.9 Å². The van der Waals surface area contributed by atoms with Gasteiger partial charge in [-0.2, -0.15) is 0 Å². The Kier molecular flexibility index (Phi) is 6.52. The molecule has 6 rings (SSSR count). The molecule has 39 heavy (non-hydrogen) atoms.